The number of sulfonamides is 1. The van der Waals surface area contributed by atoms with Crippen LogP contribution in [0.15, 0.2) is 59.6 Å². The molecule has 0 radical (unpaired) electrons. The molecule has 1 fully saturated rings. The zero-order valence-corrected chi connectivity index (χ0v) is 23.0. The number of aliphatic carboxylic acids is 1. The summed E-state index contributed by atoms with van der Waals surface area (Å²) in [6, 6.07) is 6.99. The largest absolute Gasteiger partial charge is 0.481 e. The Morgan fingerprint density at radius 1 is 1.07 bits per heavy atom. The van der Waals surface area contributed by atoms with E-state index < -0.39 is 56.8 Å². The van der Waals surface area contributed by atoms with Gasteiger partial charge in [-0.15, -0.1) is 0 Å². The number of nitrogens with zero attached hydrogens (tertiary/aromatic N) is 4. The molecule has 0 bridgehead atoms. The van der Waals surface area contributed by atoms with Crippen LogP contribution in [0.2, 0.25) is 0 Å². The molecule has 1 atom stereocenters. The third-order valence-electron chi connectivity index (χ3n) is 7.15. The molecule has 43 heavy (non-hydrogen) atoms. The second-order valence-electron chi connectivity index (χ2n) is 9.97. The fourth-order valence-electron chi connectivity index (χ4n) is 5.20. The van der Waals surface area contributed by atoms with Gasteiger partial charge in [-0.1, -0.05) is 6.07 Å². The average molecular weight is 631 g/mol. The molecule has 9 nitrogen and oxygen atoms in total. The number of carbonyl (C=O) groups is 1. The SMILES string of the molecule is O=C(O)CCN1CCN2c3ncc(-c4cc(F)cc(OC(F)F)c4)cc3N(S(=O)(=O)c3cccc(C(F)(F)F)c3)C[C@@H]2C1. The zero-order valence-electron chi connectivity index (χ0n) is 22.1. The molecule has 2 aliphatic heterocycles. The summed E-state index contributed by atoms with van der Waals surface area (Å²) in [5, 5.41) is 9.08. The minimum atomic E-state index is -4.81. The molecule has 1 N–H and O–H groups in total. The Hall–Kier alpha value is -4.05. The lowest BCUT2D eigenvalue weighted by Gasteiger charge is -2.48. The molecular formula is C27H24F6N4O5S. The smallest absolute Gasteiger partial charge is 0.416 e. The molecule has 3 heterocycles. The second kappa shape index (κ2) is 11.6. The highest BCUT2D eigenvalue weighted by molar-refractivity contribution is 7.92. The van der Waals surface area contributed by atoms with E-state index in [1.54, 1.807) is 0 Å². The first-order valence-corrected chi connectivity index (χ1v) is 14.3. The topological polar surface area (TPSA) is 103 Å². The summed E-state index contributed by atoms with van der Waals surface area (Å²) in [6.45, 7) is -2.21. The Labute approximate surface area is 242 Å². The number of benzene rings is 2. The fraction of sp³-hybridized carbons (Fsp3) is 0.333. The lowest BCUT2D eigenvalue weighted by atomic mass is 10.0. The maximum Gasteiger partial charge on any atom is 0.416 e. The summed E-state index contributed by atoms with van der Waals surface area (Å²) in [5.41, 5.74) is -0.989. The maximum absolute atomic E-state index is 14.3. The number of hydrogen-bond acceptors (Lipinski definition) is 7. The number of carboxylic acid groups (broad SMARTS) is 1. The van der Waals surface area contributed by atoms with Crippen molar-refractivity contribution in [3.05, 3.63) is 66.1 Å². The Kier molecular flexibility index (Phi) is 8.17. The van der Waals surface area contributed by atoms with Gasteiger partial charge in [0, 0.05) is 44.0 Å². The molecule has 5 rings (SSSR count). The van der Waals surface area contributed by atoms with E-state index in [9.17, 15) is 39.6 Å². The fourth-order valence-corrected chi connectivity index (χ4v) is 6.74. The molecule has 1 saturated heterocycles. The van der Waals surface area contributed by atoms with Gasteiger partial charge in [-0.25, -0.2) is 17.8 Å². The van der Waals surface area contributed by atoms with Crippen LogP contribution in [-0.2, 0) is 21.0 Å². The van der Waals surface area contributed by atoms with Crippen molar-refractivity contribution < 1.29 is 49.4 Å². The Bertz CT molecular complexity index is 1640. The van der Waals surface area contributed by atoms with Crippen LogP contribution in [0.5, 0.6) is 5.75 Å². The average Bonchev–Trinajstić information content (AvgIpc) is 2.94. The number of aromatic nitrogens is 1. The summed E-state index contributed by atoms with van der Waals surface area (Å²) >= 11 is 0. The number of piperazine rings is 1. The first kappa shape index (κ1) is 30.4. The first-order valence-electron chi connectivity index (χ1n) is 12.9. The maximum atomic E-state index is 14.3. The number of hydrogen-bond donors (Lipinski definition) is 1. The number of pyridine rings is 1. The number of rotatable bonds is 8. The van der Waals surface area contributed by atoms with Gasteiger partial charge in [0.1, 0.15) is 11.6 Å². The number of carboxylic acids is 1. The van der Waals surface area contributed by atoms with E-state index in [0.717, 1.165) is 40.7 Å². The van der Waals surface area contributed by atoms with Crippen molar-refractivity contribution in [2.24, 2.45) is 0 Å². The van der Waals surface area contributed by atoms with Gasteiger partial charge in [0.15, 0.2) is 5.82 Å². The zero-order chi connectivity index (χ0) is 31.1. The van der Waals surface area contributed by atoms with Crippen LogP contribution in [0.3, 0.4) is 0 Å². The highest BCUT2D eigenvalue weighted by Crippen LogP contribution is 2.41. The molecular weight excluding hydrogens is 606 g/mol. The predicted molar refractivity (Wildman–Crippen MR) is 142 cm³/mol. The van der Waals surface area contributed by atoms with Crippen molar-refractivity contribution in [1.29, 1.82) is 0 Å². The van der Waals surface area contributed by atoms with Crippen LogP contribution in [0, 0.1) is 5.82 Å². The molecule has 230 valence electrons. The van der Waals surface area contributed by atoms with E-state index in [2.05, 4.69) is 9.72 Å². The van der Waals surface area contributed by atoms with Crippen LogP contribution < -0.4 is 13.9 Å². The van der Waals surface area contributed by atoms with Crippen molar-refractivity contribution in [1.82, 2.24) is 9.88 Å². The molecule has 0 saturated carbocycles. The Balaban J connectivity index is 1.60. The van der Waals surface area contributed by atoms with Gasteiger partial charge in [0.2, 0.25) is 0 Å². The van der Waals surface area contributed by atoms with Crippen LogP contribution in [0.1, 0.15) is 12.0 Å². The minimum Gasteiger partial charge on any atom is -0.481 e. The van der Waals surface area contributed by atoms with E-state index in [-0.39, 0.29) is 48.7 Å². The van der Waals surface area contributed by atoms with Gasteiger partial charge in [0.05, 0.1) is 35.2 Å². The Morgan fingerprint density at radius 3 is 2.53 bits per heavy atom. The summed E-state index contributed by atoms with van der Waals surface area (Å²) in [5.74, 6) is -2.20. The molecule has 16 heteroatoms. The molecule has 2 aromatic carbocycles. The number of alkyl halides is 5. The van der Waals surface area contributed by atoms with Crippen molar-refractivity contribution in [3.63, 3.8) is 0 Å². The summed E-state index contributed by atoms with van der Waals surface area (Å²) in [4.78, 5) is 18.6. The number of halogens is 6. The highest BCUT2D eigenvalue weighted by Gasteiger charge is 2.41. The summed E-state index contributed by atoms with van der Waals surface area (Å²) in [7, 11) is -4.63. The lowest BCUT2D eigenvalue weighted by molar-refractivity contribution is -0.138. The lowest BCUT2D eigenvalue weighted by Crippen LogP contribution is -2.61. The van der Waals surface area contributed by atoms with Crippen LogP contribution >= 0.6 is 0 Å². The van der Waals surface area contributed by atoms with E-state index in [1.807, 2.05) is 9.80 Å². The number of fused-ring (bicyclic) bond motifs is 3. The summed E-state index contributed by atoms with van der Waals surface area (Å²) < 4.78 is 113. The third-order valence-corrected chi connectivity index (χ3v) is 8.93. The third kappa shape index (κ3) is 6.49. The highest BCUT2D eigenvalue weighted by atomic mass is 32.2. The normalized spacial score (nSPS) is 17.5. The summed E-state index contributed by atoms with van der Waals surface area (Å²) in [6.07, 6.45) is -3.64. The molecule has 0 unspecified atom stereocenters. The van der Waals surface area contributed by atoms with Gasteiger partial charge in [-0.2, -0.15) is 22.0 Å². The molecule has 0 aliphatic carbocycles. The number of ether oxygens (including phenoxy) is 1. The standard InChI is InChI=1S/C27H24F6N4O5S/c28-19-8-16(9-21(12-19)42-26(29)30)17-10-23-25(34-13-17)36-7-6-35(5-4-24(38)39)14-20(36)15-37(23)43(40,41)22-3-1-2-18(11-22)27(31,32)33/h1-3,8-13,20,26H,4-7,14-15H2,(H,38,39)/t20-/m0/s1. The van der Waals surface area contributed by atoms with Crippen molar-refractivity contribution >= 4 is 27.5 Å². The van der Waals surface area contributed by atoms with Gasteiger partial charge >= 0.3 is 18.8 Å². The van der Waals surface area contributed by atoms with E-state index in [1.165, 1.54) is 12.3 Å². The van der Waals surface area contributed by atoms with E-state index in [4.69, 9.17) is 5.11 Å². The Morgan fingerprint density at radius 2 is 1.84 bits per heavy atom. The van der Waals surface area contributed by atoms with Crippen molar-refractivity contribution in [2.45, 2.75) is 30.1 Å². The monoisotopic (exact) mass is 630 g/mol. The van der Waals surface area contributed by atoms with Gasteiger partial charge in [-0.05, 0) is 42.0 Å². The predicted octanol–water partition coefficient (Wildman–Crippen LogP) is 4.68. The van der Waals surface area contributed by atoms with E-state index >= 15 is 0 Å². The van der Waals surface area contributed by atoms with Gasteiger partial charge in [-0.3, -0.25) is 14.0 Å². The second-order valence-corrected chi connectivity index (χ2v) is 11.8. The van der Waals surface area contributed by atoms with Crippen molar-refractivity contribution in [3.8, 4) is 16.9 Å². The van der Waals surface area contributed by atoms with Crippen LogP contribution in [0.4, 0.5) is 37.8 Å². The molecule has 2 aliphatic rings. The molecule has 0 amide bonds. The molecule has 0 spiro atoms. The quantitative estimate of drug-likeness (QED) is 0.358. The van der Waals surface area contributed by atoms with E-state index in [0.29, 0.717) is 19.2 Å². The van der Waals surface area contributed by atoms with Gasteiger partial charge < -0.3 is 14.7 Å². The minimum absolute atomic E-state index is 0.00858. The molecule has 3 aromatic rings. The van der Waals surface area contributed by atoms with Gasteiger partial charge in [0.25, 0.3) is 10.0 Å². The van der Waals surface area contributed by atoms with Crippen LogP contribution in [-0.4, -0.2) is 74.8 Å². The van der Waals surface area contributed by atoms with Crippen molar-refractivity contribution in [2.75, 3.05) is 41.9 Å². The first-order chi connectivity index (χ1) is 20.2. The van der Waals surface area contributed by atoms with Crippen LogP contribution in [0.25, 0.3) is 11.1 Å². The molecule has 1 aromatic heterocycles. The number of anilines is 2.